The third-order valence-electron chi connectivity index (χ3n) is 2.97. The standard InChI is InChI=1S/C14H17ClFNO2/c15-11-4-5-13(16)12(8-11)14(18)17-6-1-7-19-9-10-2-3-10/h4-5,8,10H,1-3,6-7,9H2,(H,17,18). The van der Waals surface area contributed by atoms with E-state index in [1.807, 2.05) is 0 Å². The normalized spacial score (nSPS) is 14.4. The molecule has 0 radical (unpaired) electrons. The van der Waals surface area contributed by atoms with E-state index in [4.69, 9.17) is 16.3 Å². The Morgan fingerprint density at radius 2 is 2.26 bits per heavy atom. The smallest absolute Gasteiger partial charge is 0.254 e. The second kappa shape index (κ2) is 6.87. The number of hydrogen-bond acceptors (Lipinski definition) is 2. The van der Waals surface area contributed by atoms with Crippen LogP contribution in [0.4, 0.5) is 4.39 Å². The highest BCUT2D eigenvalue weighted by atomic mass is 35.5. The number of nitrogens with one attached hydrogen (secondary N) is 1. The van der Waals surface area contributed by atoms with Crippen LogP contribution < -0.4 is 5.32 Å². The van der Waals surface area contributed by atoms with Crippen molar-refractivity contribution in [3.63, 3.8) is 0 Å². The summed E-state index contributed by atoms with van der Waals surface area (Å²) in [6.45, 7) is 1.90. The van der Waals surface area contributed by atoms with E-state index in [0.717, 1.165) is 18.9 Å². The lowest BCUT2D eigenvalue weighted by Crippen LogP contribution is -2.26. The van der Waals surface area contributed by atoms with Gasteiger partial charge >= 0.3 is 0 Å². The van der Waals surface area contributed by atoms with Crippen LogP contribution in [-0.2, 0) is 4.74 Å². The summed E-state index contributed by atoms with van der Waals surface area (Å²) in [6, 6.07) is 3.94. The molecule has 1 amide bonds. The van der Waals surface area contributed by atoms with Crippen molar-refractivity contribution in [2.24, 2.45) is 5.92 Å². The molecule has 0 bridgehead atoms. The summed E-state index contributed by atoms with van der Waals surface area (Å²) < 4.78 is 18.8. The van der Waals surface area contributed by atoms with Crippen LogP contribution >= 0.6 is 11.6 Å². The molecule has 104 valence electrons. The highest BCUT2D eigenvalue weighted by molar-refractivity contribution is 6.30. The quantitative estimate of drug-likeness (QED) is 0.782. The van der Waals surface area contributed by atoms with Crippen LogP contribution in [0.5, 0.6) is 0 Å². The zero-order chi connectivity index (χ0) is 13.7. The predicted molar refractivity (Wildman–Crippen MR) is 71.9 cm³/mol. The van der Waals surface area contributed by atoms with Gasteiger partial charge in [-0.15, -0.1) is 0 Å². The lowest BCUT2D eigenvalue weighted by atomic mass is 10.2. The molecule has 1 saturated carbocycles. The number of amides is 1. The van der Waals surface area contributed by atoms with Crippen LogP contribution in [0.25, 0.3) is 0 Å². The first-order valence-electron chi connectivity index (χ1n) is 6.48. The topological polar surface area (TPSA) is 38.3 Å². The molecule has 1 N–H and O–H groups in total. The average molecular weight is 286 g/mol. The van der Waals surface area contributed by atoms with Gasteiger partial charge in [-0.1, -0.05) is 11.6 Å². The molecule has 1 aliphatic rings. The van der Waals surface area contributed by atoms with Gasteiger partial charge in [0, 0.05) is 24.8 Å². The van der Waals surface area contributed by atoms with E-state index in [1.54, 1.807) is 0 Å². The van der Waals surface area contributed by atoms with Gasteiger partial charge in [0.1, 0.15) is 5.82 Å². The summed E-state index contributed by atoms with van der Waals surface area (Å²) in [5.74, 6) is -0.260. The highest BCUT2D eigenvalue weighted by Gasteiger charge is 2.20. The molecule has 5 heteroatoms. The van der Waals surface area contributed by atoms with Gasteiger partial charge in [-0.05, 0) is 43.4 Å². The maximum atomic E-state index is 13.4. The van der Waals surface area contributed by atoms with Crippen molar-refractivity contribution in [1.82, 2.24) is 5.32 Å². The third-order valence-corrected chi connectivity index (χ3v) is 3.21. The molecule has 3 nitrogen and oxygen atoms in total. The van der Waals surface area contributed by atoms with Crippen LogP contribution in [0.1, 0.15) is 29.6 Å². The second-order valence-corrected chi connectivity index (χ2v) is 5.19. The van der Waals surface area contributed by atoms with Crippen LogP contribution in [0.3, 0.4) is 0 Å². The fourth-order valence-electron chi connectivity index (χ4n) is 1.68. The van der Waals surface area contributed by atoms with Gasteiger partial charge in [0.25, 0.3) is 5.91 Å². The molecule has 0 heterocycles. The van der Waals surface area contributed by atoms with Crippen molar-refractivity contribution in [2.75, 3.05) is 19.8 Å². The Morgan fingerprint density at radius 1 is 1.47 bits per heavy atom. The summed E-state index contributed by atoms with van der Waals surface area (Å²) in [5.41, 5.74) is -0.0219. The Balaban J connectivity index is 1.66. The van der Waals surface area contributed by atoms with Crippen LogP contribution in [0.15, 0.2) is 18.2 Å². The van der Waals surface area contributed by atoms with Crippen LogP contribution in [0.2, 0.25) is 5.02 Å². The van der Waals surface area contributed by atoms with Crippen molar-refractivity contribution in [1.29, 1.82) is 0 Å². The van der Waals surface area contributed by atoms with Crippen LogP contribution in [-0.4, -0.2) is 25.7 Å². The molecular weight excluding hydrogens is 269 g/mol. The van der Waals surface area contributed by atoms with Gasteiger partial charge in [0.15, 0.2) is 0 Å². The number of carbonyl (C=O) groups excluding carboxylic acids is 1. The molecule has 0 unspecified atom stereocenters. The van der Waals surface area contributed by atoms with Crippen molar-refractivity contribution < 1.29 is 13.9 Å². The minimum Gasteiger partial charge on any atom is -0.381 e. The number of benzene rings is 1. The Bertz CT molecular complexity index is 449. The molecule has 1 aromatic rings. The Hall–Kier alpha value is -1.13. The largest absolute Gasteiger partial charge is 0.381 e. The van der Waals surface area contributed by atoms with Crippen molar-refractivity contribution in [3.8, 4) is 0 Å². The van der Waals surface area contributed by atoms with E-state index >= 15 is 0 Å². The number of rotatable bonds is 7. The molecule has 0 aliphatic heterocycles. The van der Waals surface area contributed by atoms with Crippen molar-refractivity contribution in [2.45, 2.75) is 19.3 Å². The highest BCUT2D eigenvalue weighted by Crippen LogP contribution is 2.28. The summed E-state index contributed by atoms with van der Waals surface area (Å²) in [7, 11) is 0. The molecule has 0 spiro atoms. The van der Waals surface area contributed by atoms with Gasteiger partial charge in [0.2, 0.25) is 0 Å². The summed E-state index contributed by atoms with van der Waals surface area (Å²) in [6.07, 6.45) is 3.26. The van der Waals surface area contributed by atoms with E-state index < -0.39 is 11.7 Å². The number of ether oxygens (including phenoxy) is 1. The average Bonchev–Trinajstić information content (AvgIpc) is 3.20. The maximum absolute atomic E-state index is 13.4. The molecule has 2 rings (SSSR count). The fourth-order valence-corrected chi connectivity index (χ4v) is 1.85. The molecule has 0 aromatic heterocycles. The first-order chi connectivity index (χ1) is 9.16. The van der Waals surface area contributed by atoms with Gasteiger partial charge in [-0.3, -0.25) is 4.79 Å². The minimum absolute atomic E-state index is 0.0219. The maximum Gasteiger partial charge on any atom is 0.254 e. The zero-order valence-electron chi connectivity index (χ0n) is 10.6. The van der Waals surface area contributed by atoms with Gasteiger partial charge < -0.3 is 10.1 Å². The first kappa shape index (κ1) is 14.3. The molecule has 1 aromatic carbocycles. The Kier molecular flexibility index (Phi) is 5.16. The van der Waals surface area contributed by atoms with E-state index in [9.17, 15) is 9.18 Å². The Labute approximate surface area is 117 Å². The van der Waals surface area contributed by atoms with E-state index in [0.29, 0.717) is 18.2 Å². The van der Waals surface area contributed by atoms with E-state index in [-0.39, 0.29) is 5.56 Å². The fraction of sp³-hybridized carbons (Fsp3) is 0.500. The van der Waals surface area contributed by atoms with Gasteiger partial charge in [-0.25, -0.2) is 4.39 Å². The molecular formula is C14H17ClFNO2. The molecule has 0 atom stereocenters. The SMILES string of the molecule is O=C(NCCCOCC1CC1)c1cc(Cl)ccc1F. The van der Waals surface area contributed by atoms with Crippen molar-refractivity contribution in [3.05, 3.63) is 34.6 Å². The number of carbonyl (C=O) groups is 1. The van der Waals surface area contributed by atoms with Gasteiger partial charge in [-0.2, -0.15) is 0 Å². The monoisotopic (exact) mass is 285 g/mol. The van der Waals surface area contributed by atoms with E-state index in [1.165, 1.54) is 31.0 Å². The number of hydrogen-bond donors (Lipinski definition) is 1. The number of halogens is 2. The molecule has 1 fully saturated rings. The molecule has 0 saturated heterocycles. The second-order valence-electron chi connectivity index (χ2n) is 4.75. The van der Waals surface area contributed by atoms with E-state index in [2.05, 4.69) is 5.32 Å². The third kappa shape index (κ3) is 4.80. The van der Waals surface area contributed by atoms with Crippen molar-refractivity contribution >= 4 is 17.5 Å². The lowest BCUT2D eigenvalue weighted by Gasteiger charge is -2.07. The first-order valence-corrected chi connectivity index (χ1v) is 6.85. The summed E-state index contributed by atoms with van der Waals surface area (Å²) in [5, 5.41) is 3.00. The minimum atomic E-state index is -0.563. The van der Waals surface area contributed by atoms with Gasteiger partial charge in [0.05, 0.1) is 5.56 Å². The molecule has 1 aliphatic carbocycles. The molecule has 19 heavy (non-hydrogen) atoms. The summed E-state index contributed by atoms with van der Waals surface area (Å²) >= 11 is 5.73. The van der Waals surface area contributed by atoms with Crippen LogP contribution in [0, 0.1) is 11.7 Å². The lowest BCUT2D eigenvalue weighted by molar-refractivity contribution is 0.0933. The Morgan fingerprint density at radius 3 is 3.00 bits per heavy atom. The zero-order valence-corrected chi connectivity index (χ0v) is 11.4. The summed E-state index contributed by atoms with van der Waals surface area (Å²) in [4.78, 5) is 11.7. The predicted octanol–water partition coefficient (Wildman–Crippen LogP) is 3.03.